The summed E-state index contributed by atoms with van der Waals surface area (Å²) in [6, 6.07) is 10.7. The van der Waals surface area contributed by atoms with Gasteiger partial charge >= 0.3 is 0 Å². The van der Waals surface area contributed by atoms with Crippen molar-refractivity contribution < 1.29 is 9.47 Å². The summed E-state index contributed by atoms with van der Waals surface area (Å²) < 4.78 is 13.4. The van der Waals surface area contributed by atoms with Crippen molar-refractivity contribution in [1.82, 2.24) is 5.32 Å². The molecule has 0 amide bonds. The first-order valence-corrected chi connectivity index (χ1v) is 8.32. The van der Waals surface area contributed by atoms with Crippen LogP contribution in [0.2, 0.25) is 0 Å². The van der Waals surface area contributed by atoms with Crippen molar-refractivity contribution in [1.29, 1.82) is 0 Å². The number of hydrogen-bond acceptors (Lipinski definition) is 5. The number of thiophene rings is 2. The van der Waals surface area contributed by atoms with E-state index in [2.05, 4.69) is 28.9 Å². The molecule has 2 heterocycles. The SMILES string of the molecule is CNC(c1ccc(OC)c(OC)c1)c1cc2sccc2s1. The third kappa shape index (κ3) is 2.64. The molecular formula is C16H17NO2S2. The van der Waals surface area contributed by atoms with E-state index < -0.39 is 0 Å². The molecule has 2 aromatic heterocycles. The van der Waals surface area contributed by atoms with Gasteiger partial charge in [-0.2, -0.15) is 0 Å². The molecule has 21 heavy (non-hydrogen) atoms. The van der Waals surface area contributed by atoms with Gasteiger partial charge in [0, 0.05) is 14.3 Å². The summed E-state index contributed by atoms with van der Waals surface area (Å²) in [5, 5.41) is 5.53. The standard InChI is InChI=1S/C16H17NO2S2/c1-17-16(15-9-14-13(21-15)6-7-20-14)10-4-5-11(18-2)12(8-10)19-3/h4-9,16-17H,1-3H3. The number of benzene rings is 1. The molecule has 0 aliphatic carbocycles. The molecule has 3 nitrogen and oxygen atoms in total. The smallest absolute Gasteiger partial charge is 0.161 e. The highest BCUT2D eigenvalue weighted by molar-refractivity contribution is 7.27. The van der Waals surface area contributed by atoms with Gasteiger partial charge in [-0.3, -0.25) is 0 Å². The first kappa shape index (κ1) is 14.4. The quantitative estimate of drug-likeness (QED) is 0.761. The average molecular weight is 319 g/mol. The molecule has 0 radical (unpaired) electrons. The van der Waals surface area contributed by atoms with E-state index >= 15 is 0 Å². The lowest BCUT2D eigenvalue weighted by atomic mass is 10.0. The molecule has 0 saturated carbocycles. The minimum absolute atomic E-state index is 0.161. The van der Waals surface area contributed by atoms with Gasteiger partial charge in [0.05, 0.1) is 20.3 Å². The van der Waals surface area contributed by atoms with Gasteiger partial charge in [-0.15, -0.1) is 22.7 Å². The summed E-state index contributed by atoms with van der Waals surface area (Å²) in [6.45, 7) is 0. The first-order chi connectivity index (χ1) is 10.3. The van der Waals surface area contributed by atoms with E-state index in [9.17, 15) is 0 Å². The van der Waals surface area contributed by atoms with Crippen molar-refractivity contribution in [2.24, 2.45) is 0 Å². The topological polar surface area (TPSA) is 30.5 Å². The molecule has 5 heteroatoms. The van der Waals surface area contributed by atoms with Crippen LogP contribution >= 0.6 is 22.7 Å². The van der Waals surface area contributed by atoms with Gasteiger partial charge in [-0.25, -0.2) is 0 Å². The molecular weight excluding hydrogens is 302 g/mol. The summed E-state index contributed by atoms with van der Waals surface area (Å²) in [6.07, 6.45) is 0. The fourth-order valence-corrected chi connectivity index (χ4v) is 4.69. The highest BCUT2D eigenvalue weighted by Gasteiger charge is 2.17. The second kappa shape index (κ2) is 6.05. The van der Waals surface area contributed by atoms with E-state index in [1.807, 2.05) is 30.5 Å². The molecule has 0 fully saturated rings. The fourth-order valence-electron chi connectivity index (χ4n) is 2.43. The predicted octanol–water partition coefficient (Wildman–Crippen LogP) is 4.29. The Hall–Kier alpha value is -1.56. The fraction of sp³-hybridized carbons (Fsp3) is 0.250. The Morgan fingerprint density at radius 2 is 1.81 bits per heavy atom. The number of methoxy groups -OCH3 is 2. The molecule has 0 aliphatic rings. The Morgan fingerprint density at radius 3 is 2.48 bits per heavy atom. The van der Waals surface area contributed by atoms with Gasteiger partial charge in [0.2, 0.25) is 0 Å². The molecule has 0 aliphatic heterocycles. The van der Waals surface area contributed by atoms with Crippen molar-refractivity contribution in [2.75, 3.05) is 21.3 Å². The Balaban J connectivity index is 2.01. The van der Waals surface area contributed by atoms with Crippen LogP contribution in [0.5, 0.6) is 11.5 Å². The van der Waals surface area contributed by atoms with Gasteiger partial charge in [-0.05, 0) is 42.3 Å². The summed E-state index contributed by atoms with van der Waals surface area (Å²) in [7, 11) is 5.30. The summed E-state index contributed by atoms with van der Waals surface area (Å²) in [4.78, 5) is 1.31. The summed E-state index contributed by atoms with van der Waals surface area (Å²) in [5.74, 6) is 1.51. The van der Waals surface area contributed by atoms with Crippen LogP contribution in [0.25, 0.3) is 9.40 Å². The second-order valence-corrected chi connectivity index (χ2v) is 6.70. The number of ether oxygens (including phenoxy) is 2. The highest BCUT2D eigenvalue weighted by Crippen LogP contribution is 2.38. The molecule has 110 valence electrons. The van der Waals surface area contributed by atoms with Gasteiger partial charge in [0.15, 0.2) is 11.5 Å². The van der Waals surface area contributed by atoms with Crippen molar-refractivity contribution >= 4 is 32.1 Å². The number of nitrogens with one attached hydrogen (secondary N) is 1. The number of fused-ring (bicyclic) bond motifs is 1. The van der Waals surface area contributed by atoms with Crippen LogP contribution in [0.1, 0.15) is 16.5 Å². The van der Waals surface area contributed by atoms with Crippen LogP contribution in [0.15, 0.2) is 35.7 Å². The Morgan fingerprint density at radius 1 is 1.00 bits per heavy atom. The van der Waals surface area contributed by atoms with Crippen LogP contribution < -0.4 is 14.8 Å². The van der Waals surface area contributed by atoms with Crippen molar-refractivity contribution in [3.63, 3.8) is 0 Å². The van der Waals surface area contributed by atoms with E-state index in [1.165, 1.54) is 19.8 Å². The van der Waals surface area contributed by atoms with Gasteiger partial charge in [0.1, 0.15) is 0 Å². The maximum Gasteiger partial charge on any atom is 0.161 e. The lowest BCUT2D eigenvalue weighted by Gasteiger charge is -2.17. The van der Waals surface area contributed by atoms with Crippen molar-refractivity contribution in [3.8, 4) is 11.5 Å². The van der Waals surface area contributed by atoms with Gasteiger partial charge < -0.3 is 14.8 Å². The summed E-state index contributed by atoms with van der Waals surface area (Å²) >= 11 is 3.61. The maximum atomic E-state index is 5.40. The Bertz CT molecular complexity index is 719. The van der Waals surface area contributed by atoms with Gasteiger partial charge in [0.25, 0.3) is 0 Å². The lowest BCUT2D eigenvalue weighted by Crippen LogP contribution is -2.16. The van der Waals surface area contributed by atoms with Crippen LogP contribution in [-0.4, -0.2) is 21.3 Å². The van der Waals surface area contributed by atoms with Crippen LogP contribution in [0.4, 0.5) is 0 Å². The Labute approximate surface area is 132 Å². The van der Waals surface area contributed by atoms with Crippen LogP contribution in [-0.2, 0) is 0 Å². The number of rotatable bonds is 5. The van der Waals surface area contributed by atoms with E-state index in [4.69, 9.17) is 9.47 Å². The van der Waals surface area contributed by atoms with E-state index in [0.717, 1.165) is 11.5 Å². The largest absolute Gasteiger partial charge is 0.493 e. The molecule has 3 rings (SSSR count). The average Bonchev–Trinajstić information content (AvgIpc) is 3.09. The zero-order valence-electron chi connectivity index (χ0n) is 12.2. The molecule has 1 atom stereocenters. The van der Waals surface area contributed by atoms with Crippen LogP contribution in [0, 0.1) is 0 Å². The second-order valence-electron chi connectivity index (χ2n) is 4.63. The highest BCUT2D eigenvalue weighted by atomic mass is 32.1. The van der Waals surface area contributed by atoms with Crippen molar-refractivity contribution in [2.45, 2.75) is 6.04 Å². The molecule has 0 bridgehead atoms. The minimum Gasteiger partial charge on any atom is -0.493 e. The van der Waals surface area contributed by atoms with E-state index in [0.29, 0.717) is 0 Å². The third-order valence-corrected chi connectivity index (χ3v) is 5.63. The number of hydrogen-bond donors (Lipinski definition) is 1. The molecule has 3 aromatic rings. The predicted molar refractivity (Wildman–Crippen MR) is 90.2 cm³/mol. The molecule has 1 N–H and O–H groups in total. The first-order valence-electron chi connectivity index (χ1n) is 6.63. The summed E-state index contributed by atoms with van der Waals surface area (Å²) in [5.41, 5.74) is 1.17. The zero-order valence-corrected chi connectivity index (χ0v) is 13.8. The third-order valence-electron chi connectivity index (χ3n) is 3.47. The minimum atomic E-state index is 0.161. The molecule has 1 unspecified atom stereocenters. The molecule has 1 aromatic carbocycles. The monoisotopic (exact) mass is 319 g/mol. The van der Waals surface area contributed by atoms with E-state index in [-0.39, 0.29) is 6.04 Å². The normalized spacial score (nSPS) is 12.5. The maximum absolute atomic E-state index is 5.40. The lowest BCUT2D eigenvalue weighted by molar-refractivity contribution is 0.354. The molecule has 0 spiro atoms. The van der Waals surface area contributed by atoms with E-state index in [1.54, 1.807) is 25.6 Å². The van der Waals surface area contributed by atoms with Crippen molar-refractivity contribution in [3.05, 3.63) is 46.2 Å². The zero-order chi connectivity index (χ0) is 14.8. The Kier molecular flexibility index (Phi) is 4.14. The molecule has 0 saturated heterocycles. The van der Waals surface area contributed by atoms with Crippen LogP contribution in [0.3, 0.4) is 0 Å². The van der Waals surface area contributed by atoms with Gasteiger partial charge in [-0.1, -0.05) is 6.07 Å².